The molecule has 4 aliphatic rings. The first-order valence-corrected chi connectivity index (χ1v) is 5.86. The number of hydrogen-bond acceptors (Lipinski definition) is 2. The third kappa shape index (κ3) is 0.728. The highest BCUT2D eigenvalue weighted by atomic mass is 16.5. The summed E-state index contributed by atoms with van der Waals surface area (Å²) in [4.78, 5) is 0. The van der Waals surface area contributed by atoms with Crippen LogP contribution in [0.25, 0.3) is 0 Å². The summed E-state index contributed by atoms with van der Waals surface area (Å²) in [5.74, 6) is 2.10. The highest BCUT2D eigenvalue weighted by Gasteiger charge is 2.60. The van der Waals surface area contributed by atoms with Gasteiger partial charge in [-0.15, -0.1) is 0 Å². The minimum absolute atomic E-state index is 0.0764. The molecule has 0 aromatic carbocycles. The van der Waals surface area contributed by atoms with Gasteiger partial charge in [0.2, 0.25) is 0 Å². The Morgan fingerprint density at radius 1 is 1.21 bits per heavy atom. The Kier molecular flexibility index (Phi) is 1.36. The van der Waals surface area contributed by atoms with E-state index in [0.29, 0.717) is 35.9 Å². The lowest BCUT2D eigenvalue weighted by molar-refractivity contribution is -0.0496. The van der Waals surface area contributed by atoms with Gasteiger partial charge in [0.05, 0.1) is 18.3 Å². The predicted molar refractivity (Wildman–Crippen MR) is 51.6 cm³/mol. The maximum Gasteiger partial charge on any atom is 0.0680 e. The number of aliphatic hydroxyl groups excluding tert-OH is 1. The lowest BCUT2D eigenvalue weighted by Gasteiger charge is -2.47. The van der Waals surface area contributed by atoms with Crippen molar-refractivity contribution in [3.05, 3.63) is 12.2 Å². The molecule has 0 radical (unpaired) electrons. The van der Waals surface area contributed by atoms with E-state index in [1.165, 1.54) is 12.8 Å². The largest absolute Gasteiger partial charge is 0.392 e. The highest BCUT2D eigenvalue weighted by Crippen LogP contribution is 2.57. The molecule has 4 rings (SSSR count). The van der Waals surface area contributed by atoms with Crippen LogP contribution in [0.2, 0.25) is 0 Å². The van der Waals surface area contributed by atoms with Crippen LogP contribution in [0, 0.1) is 23.7 Å². The Bertz CT molecular complexity index is 299. The van der Waals surface area contributed by atoms with Crippen molar-refractivity contribution in [3.63, 3.8) is 0 Å². The van der Waals surface area contributed by atoms with Gasteiger partial charge < -0.3 is 9.84 Å². The summed E-state index contributed by atoms with van der Waals surface area (Å²) in [7, 11) is 0. The van der Waals surface area contributed by atoms with Crippen LogP contribution in [0.5, 0.6) is 0 Å². The molecule has 0 aromatic rings. The van der Waals surface area contributed by atoms with Crippen molar-refractivity contribution >= 4 is 0 Å². The van der Waals surface area contributed by atoms with Crippen LogP contribution < -0.4 is 0 Å². The first-order valence-electron chi connectivity index (χ1n) is 5.86. The Balaban J connectivity index is 1.87. The molecule has 2 nitrogen and oxygen atoms in total. The molecular formula is C12H16O2. The van der Waals surface area contributed by atoms with Crippen LogP contribution in [-0.2, 0) is 4.74 Å². The first kappa shape index (κ1) is 7.89. The number of hydrogen-bond donors (Lipinski definition) is 1. The molecule has 7 atom stereocenters. The van der Waals surface area contributed by atoms with E-state index in [9.17, 15) is 5.11 Å². The van der Waals surface area contributed by atoms with Gasteiger partial charge in [-0.05, 0) is 31.1 Å². The molecule has 0 aromatic heterocycles. The van der Waals surface area contributed by atoms with Gasteiger partial charge >= 0.3 is 0 Å². The molecule has 0 spiro atoms. The molecule has 1 N–H and O–H groups in total. The van der Waals surface area contributed by atoms with Gasteiger partial charge in [0.1, 0.15) is 0 Å². The zero-order valence-corrected chi connectivity index (χ0v) is 8.17. The van der Waals surface area contributed by atoms with Crippen LogP contribution in [-0.4, -0.2) is 23.4 Å². The van der Waals surface area contributed by atoms with Gasteiger partial charge in [0.15, 0.2) is 0 Å². The summed E-state index contributed by atoms with van der Waals surface area (Å²) < 4.78 is 6.10. The van der Waals surface area contributed by atoms with Crippen molar-refractivity contribution in [1.29, 1.82) is 0 Å². The molecule has 3 aliphatic carbocycles. The number of fused-ring (bicyclic) bond motifs is 2. The molecule has 3 fully saturated rings. The zero-order chi connectivity index (χ0) is 9.28. The predicted octanol–water partition coefficient (Wildman–Crippen LogP) is 1.35. The van der Waals surface area contributed by atoms with Crippen LogP contribution >= 0.6 is 0 Å². The van der Waals surface area contributed by atoms with Crippen molar-refractivity contribution in [3.8, 4) is 0 Å². The molecule has 1 aliphatic heterocycles. The zero-order valence-electron chi connectivity index (χ0n) is 8.17. The SMILES string of the molecule is OC1C2CCC3OC4C2C=CCC4C31. The Morgan fingerprint density at radius 3 is 3.07 bits per heavy atom. The molecule has 1 saturated heterocycles. The van der Waals surface area contributed by atoms with Gasteiger partial charge in [-0.25, -0.2) is 0 Å². The molecule has 76 valence electrons. The lowest BCUT2D eigenvalue weighted by Crippen LogP contribution is -2.51. The monoisotopic (exact) mass is 192 g/mol. The lowest BCUT2D eigenvalue weighted by atomic mass is 9.58. The topological polar surface area (TPSA) is 29.5 Å². The summed E-state index contributed by atoms with van der Waals surface area (Å²) >= 11 is 0. The van der Waals surface area contributed by atoms with E-state index in [1.54, 1.807) is 0 Å². The van der Waals surface area contributed by atoms with E-state index in [4.69, 9.17) is 4.74 Å². The highest BCUT2D eigenvalue weighted by molar-refractivity contribution is 5.17. The summed E-state index contributed by atoms with van der Waals surface area (Å²) in [6, 6.07) is 0. The van der Waals surface area contributed by atoms with Crippen LogP contribution in [0.1, 0.15) is 19.3 Å². The normalized spacial score (nSPS) is 63.4. The van der Waals surface area contributed by atoms with Gasteiger partial charge in [0.25, 0.3) is 0 Å². The third-order valence-corrected chi connectivity index (χ3v) is 4.94. The van der Waals surface area contributed by atoms with E-state index >= 15 is 0 Å². The molecule has 2 saturated carbocycles. The average Bonchev–Trinajstić information content (AvgIpc) is 2.40. The summed E-state index contributed by atoms with van der Waals surface area (Å²) in [6.45, 7) is 0. The fourth-order valence-electron chi connectivity index (χ4n) is 4.41. The van der Waals surface area contributed by atoms with E-state index in [2.05, 4.69) is 12.2 Å². The molecule has 5 bridgehead atoms. The Hall–Kier alpha value is -0.340. The van der Waals surface area contributed by atoms with Crippen LogP contribution in [0.4, 0.5) is 0 Å². The first-order chi connectivity index (χ1) is 6.86. The summed E-state index contributed by atoms with van der Waals surface area (Å²) in [6.07, 6.45) is 8.85. The fourth-order valence-corrected chi connectivity index (χ4v) is 4.41. The Labute approximate surface area is 83.9 Å². The third-order valence-electron chi connectivity index (χ3n) is 4.94. The molecule has 7 unspecified atom stereocenters. The summed E-state index contributed by atoms with van der Waals surface area (Å²) in [5, 5.41) is 10.3. The van der Waals surface area contributed by atoms with Crippen LogP contribution in [0.3, 0.4) is 0 Å². The molecule has 1 heterocycles. The standard InChI is InChI=1S/C12H16O2/c13-11-6-4-5-9-10(11)8-3-1-2-7(6)12(8)14-9/h1-2,6-13H,3-5H2. The van der Waals surface area contributed by atoms with Gasteiger partial charge in [-0.1, -0.05) is 12.2 Å². The molecular weight excluding hydrogens is 176 g/mol. The van der Waals surface area contributed by atoms with Crippen molar-refractivity contribution in [2.24, 2.45) is 23.7 Å². The number of allylic oxidation sites excluding steroid dienone is 1. The van der Waals surface area contributed by atoms with Crippen LogP contribution in [0.15, 0.2) is 12.2 Å². The van der Waals surface area contributed by atoms with Crippen molar-refractivity contribution in [1.82, 2.24) is 0 Å². The minimum Gasteiger partial charge on any atom is -0.392 e. The minimum atomic E-state index is -0.0764. The van der Waals surface area contributed by atoms with Crippen molar-refractivity contribution in [2.75, 3.05) is 0 Å². The van der Waals surface area contributed by atoms with E-state index in [0.717, 1.165) is 6.42 Å². The van der Waals surface area contributed by atoms with E-state index in [-0.39, 0.29) is 6.10 Å². The number of rotatable bonds is 0. The van der Waals surface area contributed by atoms with E-state index in [1.807, 2.05) is 0 Å². The smallest absolute Gasteiger partial charge is 0.0680 e. The fraction of sp³-hybridized carbons (Fsp3) is 0.833. The second-order valence-electron chi connectivity index (χ2n) is 5.35. The Morgan fingerprint density at radius 2 is 2.14 bits per heavy atom. The van der Waals surface area contributed by atoms with E-state index < -0.39 is 0 Å². The molecule has 14 heavy (non-hydrogen) atoms. The molecule has 2 heteroatoms. The van der Waals surface area contributed by atoms with Gasteiger partial charge in [-0.3, -0.25) is 0 Å². The number of ether oxygens (including phenoxy) is 1. The second-order valence-corrected chi connectivity index (χ2v) is 5.35. The molecule has 0 amide bonds. The second kappa shape index (κ2) is 2.42. The number of aliphatic hydroxyl groups is 1. The maximum atomic E-state index is 10.3. The van der Waals surface area contributed by atoms with Gasteiger partial charge in [0, 0.05) is 11.8 Å². The van der Waals surface area contributed by atoms with Crippen molar-refractivity contribution < 1.29 is 9.84 Å². The quantitative estimate of drug-likeness (QED) is 0.587. The van der Waals surface area contributed by atoms with Gasteiger partial charge in [-0.2, -0.15) is 0 Å². The summed E-state index contributed by atoms with van der Waals surface area (Å²) in [5.41, 5.74) is 0. The maximum absolute atomic E-state index is 10.3. The average molecular weight is 192 g/mol. The van der Waals surface area contributed by atoms with Crippen molar-refractivity contribution in [2.45, 2.75) is 37.6 Å².